The molecule has 1 saturated heterocycles. The number of aromatic nitrogens is 2. The van der Waals surface area contributed by atoms with Gasteiger partial charge in [0, 0.05) is 38.1 Å². The molecule has 5 nitrogen and oxygen atoms in total. The maximum Gasteiger partial charge on any atom is 0.264 e. The molecule has 1 amide bonds. The molecule has 1 fully saturated rings. The SMILES string of the molecule is Cc1ccc(CN2CCN(C(=O)c3cc4c(C)nn(-c5ccc(C)cc5)c4s3)CC2)cc1. The first kappa shape index (κ1) is 20.9. The van der Waals surface area contributed by atoms with Gasteiger partial charge in [-0.05, 0) is 44.5 Å². The van der Waals surface area contributed by atoms with Crippen molar-refractivity contribution in [2.45, 2.75) is 27.3 Å². The number of hydrogen-bond donors (Lipinski definition) is 0. The lowest BCUT2D eigenvalue weighted by Gasteiger charge is -2.34. The minimum atomic E-state index is 0.135. The molecule has 0 spiro atoms. The van der Waals surface area contributed by atoms with Crippen LogP contribution in [-0.2, 0) is 6.54 Å². The Morgan fingerprint density at radius 3 is 2.19 bits per heavy atom. The van der Waals surface area contributed by atoms with Crippen LogP contribution in [0.5, 0.6) is 0 Å². The van der Waals surface area contributed by atoms with Gasteiger partial charge in [0.1, 0.15) is 4.83 Å². The fourth-order valence-electron chi connectivity index (χ4n) is 4.23. The summed E-state index contributed by atoms with van der Waals surface area (Å²) in [5, 5.41) is 5.78. The van der Waals surface area contributed by atoms with Gasteiger partial charge in [-0.15, -0.1) is 11.3 Å². The lowest BCUT2D eigenvalue weighted by Crippen LogP contribution is -2.48. The quantitative estimate of drug-likeness (QED) is 0.446. The maximum absolute atomic E-state index is 13.3. The van der Waals surface area contributed by atoms with E-state index >= 15 is 0 Å². The van der Waals surface area contributed by atoms with Crippen LogP contribution in [0.1, 0.15) is 32.1 Å². The van der Waals surface area contributed by atoms with Crippen LogP contribution in [0.4, 0.5) is 0 Å². The normalized spacial score (nSPS) is 14.9. The highest BCUT2D eigenvalue weighted by Gasteiger charge is 2.25. The number of benzene rings is 2. The minimum Gasteiger partial charge on any atom is -0.335 e. The average Bonchev–Trinajstić information content (AvgIpc) is 3.37. The van der Waals surface area contributed by atoms with Crippen molar-refractivity contribution in [2.75, 3.05) is 26.2 Å². The molecule has 0 bridgehead atoms. The van der Waals surface area contributed by atoms with Crippen LogP contribution in [0, 0.1) is 20.8 Å². The van der Waals surface area contributed by atoms with Gasteiger partial charge >= 0.3 is 0 Å². The molecule has 3 heterocycles. The van der Waals surface area contributed by atoms with Gasteiger partial charge in [0.15, 0.2) is 0 Å². The van der Waals surface area contributed by atoms with Crippen LogP contribution in [0.15, 0.2) is 54.6 Å². The number of carbonyl (C=O) groups excluding carboxylic acids is 1. The van der Waals surface area contributed by atoms with Gasteiger partial charge in [-0.2, -0.15) is 5.10 Å². The fraction of sp³-hybridized carbons (Fsp3) is 0.308. The number of hydrogen-bond acceptors (Lipinski definition) is 4. The van der Waals surface area contributed by atoms with Gasteiger partial charge in [-0.25, -0.2) is 4.68 Å². The summed E-state index contributed by atoms with van der Waals surface area (Å²) in [7, 11) is 0. The number of thiophene rings is 1. The standard InChI is InChI=1S/C26H28N4OS/c1-18-4-8-21(9-5-18)17-28-12-14-29(15-13-28)25(31)24-16-23-20(3)27-30(26(23)32-24)22-10-6-19(2)7-11-22/h4-11,16H,12-15,17H2,1-3H3. The topological polar surface area (TPSA) is 41.4 Å². The van der Waals surface area contributed by atoms with Gasteiger partial charge in [0.2, 0.25) is 0 Å². The Hall–Kier alpha value is -2.96. The molecule has 5 rings (SSSR count). The van der Waals surface area contributed by atoms with E-state index in [1.54, 1.807) is 11.3 Å². The van der Waals surface area contributed by atoms with E-state index in [4.69, 9.17) is 5.10 Å². The van der Waals surface area contributed by atoms with E-state index in [2.05, 4.69) is 67.3 Å². The first-order valence-corrected chi connectivity index (χ1v) is 11.9. The Morgan fingerprint density at radius 1 is 0.906 bits per heavy atom. The molecule has 4 aromatic rings. The summed E-state index contributed by atoms with van der Waals surface area (Å²) < 4.78 is 1.96. The second-order valence-electron chi connectivity index (χ2n) is 8.72. The summed E-state index contributed by atoms with van der Waals surface area (Å²) in [5.41, 5.74) is 5.82. The number of fused-ring (bicyclic) bond motifs is 1. The van der Waals surface area contributed by atoms with Crippen LogP contribution in [0.25, 0.3) is 15.9 Å². The molecule has 0 radical (unpaired) electrons. The predicted molar refractivity (Wildman–Crippen MR) is 131 cm³/mol. The van der Waals surface area contributed by atoms with Crippen molar-refractivity contribution in [3.63, 3.8) is 0 Å². The Balaban J connectivity index is 1.29. The van der Waals surface area contributed by atoms with Crippen molar-refractivity contribution in [1.29, 1.82) is 0 Å². The Morgan fingerprint density at radius 2 is 1.53 bits per heavy atom. The van der Waals surface area contributed by atoms with Crippen LogP contribution in [-0.4, -0.2) is 51.7 Å². The number of piperazine rings is 1. The summed E-state index contributed by atoms with van der Waals surface area (Å²) in [4.78, 5) is 19.5. The first-order valence-electron chi connectivity index (χ1n) is 11.1. The Kier molecular flexibility index (Phi) is 5.57. The monoisotopic (exact) mass is 444 g/mol. The average molecular weight is 445 g/mol. The number of aryl methyl sites for hydroxylation is 3. The number of rotatable bonds is 4. The number of nitrogens with zero attached hydrogens (tertiary/aromatic N) is 4. The zero-order valence-corrected chi connectivity index (χ0v) is 19.7. The summed E-state index contributed by atoms with van der Waals surface area (Å²) in [5.74, 6) is 0.135. The predicted octanol–water partition coefficient (Wildman–Crippen LogP) is 4.97. The summed E-state index contributed by atoms with van der Waals surface area (Å²) in [6, 6.07) is 19.1. The summed E-state index contributed by atoms with van der Waals surface area (Å²) in [6.45, 7) is 10.5. The van der Waals surface area contributed by atoms with Gasteiger partial charge in [0.05, 0.1) is 16.3 Å². The Labute approximate surface area is 192 Å². The third-order valence-corrected chi connectivity index (χ3v) is 7.32. The highest BCUT2D eigenvalue weighted by Crippen LogP contribution is 2.31. The molecular weight excluding hydrogens is 416 g/mol. The van der Waals surface area contributed by atoms with E-state index in [9.17, 15) is 4.79 Å². The highest BCUT2D eigenvalue weighted by atomic mass is 32.1. The third kappa shape index (κ3) is 4.08. The molecule has 164 valence electrons. The smallest absolute Gasteiger partial charge is 0.264 e. The van der Waals surface area contributed by atoms with E-state index in [0.29, 0.717) is 0 Å². The molecule has 0 atom stereocenters. The van der Waals surface area contributed by atoms with E-state index in [0.717, 1.165) is 59.2 Å². The van der Waals surface area contributed by atoms with Crippen molar-refractivity contribution in [2.24, 2.45) is 0 Å². The molecule has 0 unspecified atom stereocenters. The van der Waals surface area contributed by atoms with Crippen LogP contribution < -0.4 is 0 Å². The largest absolute Gasteiger partial charge is 0.335 e. The molecule has 0 saturated carbocycles. The molecular formula is C26H28N4OS. The molecule has 32 heavy (non-hydrogen) atoms. The van der Waals surface area contributed by atoms with Crippen LogP contribution >= 0.6 is 11.3 Å². The van der Waals surface area contributed by atoms with E-state index in [1.807, 2.05) is 22.6 Å². The molecule has 1 aliphatic heterocycles. The Bertz CT molecular complexity index is 1250. The zero-order valence-electron chi connectivity index (χ0n) is 18.8. The molecule has 0 aliphatic carbocycles. The van der Waals surface area contributed by atoms with E-state index < -0.39 is 0 Å². The zero-order chi connectivity index (χ0) is 22.2. The van der Waals surface area contributed by atoms with Gasteiger partial charge in [-0.3, -0.25) is 9.69 Å². The number of carbonyl (C=O) groups is 1. The van der Waals surface area contributed by atoms with E-state index in [1.165, 1.54) is 16.7 Å². The van der Waals surface area contributed by atoms with Crippen LogP contribution in [0.3, 0.4) is 0 Å². The highest BCUT2D eigenvalue weighted by molar-refractivity contribution is 7.20. The van der Waals surface area contributed by atoms with E-state index in [-0.39, 0.29) is 5.91 Å². The van der Waals surface area contributed by atoms with Crippen molar-refractivity contribution >= 4 is 27.5 Å². The van der Waals surface area contributed by atoms with Gasteiger partial charge < -0.3 is 4.90 Å². The van der Waals surface area contributed by atoms with Crippen molar-refractivity contribution in [1.82, 2.24) is 19.6 Å². The van der Waals surface area contributed by atoms with Crippen molar-refractivity contribution < 1.29 is 4.79 Å². The molecule has 0 N–H and O–H groups in total. The fourth-order valence-corrected chi connectivity index (χ4v) is 5.38. The van der Waals surface area contributed by atoms with Crippen molar-refractivity contribution in [3.05, 3.63) is 81.9 Å². The molecule has 1 aliphatic rings. The maximum atomic E-state index is 13.3. The molecule has 2 aromatic carbocycles. The minimum absolute atomic E-state index is 0.135. The summed E-state index contributed by atoms with van der Waals surface area (Å²) in [6.07, 6.45) is 0. The third-order valence-electron chi connectivity index (χ3n) is 6.22. The lowest BCUT2D eigenvalue weighted by atomic mass is 10.1. The molecule has 6 heteroatoms. The second-order valence-corrected chi connectivity index (χ2v) is 9.75. The first-order chi connectivity index (χ1) is 15.5. The van der Waals surface area contributed by atoms with Gasteiger partial charge in [0.25, 0.3) is 5.91 Å². The van der Waals surface area contributed by atoms with Crippen LogP contribution in [0.2, 0.25) is 0 Å². The van der Waals surface area contributed by atoms with Crippen molar-refractivity contribution in [3.8, 4) is 5.69 Å². The van der Waals surface area contributed by atoms with Gasteiger partial charge in [-0.1, -0.05) is 47.5 Å². The second kappa shape index (κ2) is 8.52. The lowest BCUT2D eigenvalue weighted by molar-refractivity contribution is 0.0633. The molecule has 2 aromatic heterocycles. The summed E-state index contributed by atoms with van der Waals surface area (Å²) >= 11 is 1.55. The number of amides is 1.